The van der Waals surface area contributed by atoms with Crippen molar-refractivity contribution in [2.75, 3.05) is 0 Å². The third-order valence-corrected chi connectivity index (χ3v) is 2.83. The van der Waals surface area contributed by atoms with Gasteiger partial charge in [-0.1, -0.05) is 30.3 Å². The summed E-state index contributed by atoms with van der Waals surface area (Å²) in [5, 5.41) is 20.4. The van der Waals surface area contributed by atoms with Gasteiger partial charge in [0, 0.05) is 21.8 Å². The lowest BCUT2D eigenvalue weighted by atomic mass is 9.80. The molecule has 0 radical (unpaired) electrons. The minimum atomic E-state index is -1.42. The van der Waals surface area contributed by atoms with Crippen LogP contribution in [0.3, 0.4) is 0 Å². The lowest BCUT2D eigenvalue weighted by Crippen LogP contribution is -2.29. The lowest BCUT2D eigenvalue weighted by molar-refractivity contribution is 0.426. The van der Waals surface area contributed by atoms with Gasteiger partial charge in [0.1, 0.15) is 0 Å². The predicted molar refractivity (Wildman–Crippen MR) is 65.6 cm³/mol. The van der Waals surface area contributed by atoms with Crippen molar-refractivity contribution in [3.63, 3.8) is 0 Å². The smallest absolute Gasteiger partial charge is 0.423 e. The van der Waals surface area contributed by atoms with E-state index in [2.05, 4.69) is 4.98 Å². The zero-order chi connectivity index (χ0) is 11.1. The molecule has 0 spiro atoms. The van der Waals surface area contributed by atoms with Crippen LogP contribution in [0.15, 0.2) is 42.5 Å². The Morgan fingerprint density at radius 2 is 1.62 bits per heavy atom. The van der Waals surface area contributed by atoms with E-state index in [-0.39, 0.29) is 0 Å². The van der Waals surface area contributed by atoms with Crippen molar-refractivity contribution in [2.24, 2.45) is 0 Å². The second kappa shape index (κ2) is 3.37. The monoisotopic (exact) mass is 211 g/mol. The van der Waals surface area contributed by atoms with Crippen LogP contribution in [0.25, 0.3) is 21.8 Å². The highest BCUT2D eigenvalue weighted by molar-refractivity contribution is 6.59. The summed E-state index contributed by atoms with van der Waals surface area (Å²) in [4.78, 5) is 3.25. The lowest BCUT2D eigenvalue weighted by Gasteiger charge is -1.98. The Labute approximate surface area is 92.5 Å². The van der Waals surface area contributed by atoms with E-state index in [9.17, 15) is 0 Å². The number of rotatable bonds is 1. The summed E-state index contributed by atoms with van der Waals surface area (Å²) in [5.74, 6) is 0. The van der Waals surface area contributed by atoms with Crippen molar-refractivity contribution < 1.29 is 10.0 Å². The maximum absolute atomic E-state index is 9.10. The molecule has 0 atom stereocenters. The number of H-pyrrole nitrogens is 1. The number of hydrogen-bond donors (Lipinski definition) is 3. The van der Waals surface area contributed by atoms with Crippen molar-refractivity contribution in [3.8, 4) is 0 Å². The number of benzene rings is 2. The Bertz CT molecular complexity index is 660. The first-order chi connectivity index (χ1) is 7.75. The molecule has 2 aromatic carbocycles. The molecule has 3 N–H and O–H groups in total. The Morgan fingerprint density at radius 1 is 0.875 bits per heavy atom. The SMILES string of the molecule is OB(O)c1ccc2c(c1)[nH]c1ccccc12. The standard InChI is InChI=1S/C12H10BNO2/c15-13(16)8-5-6-10-9-3-1-2-4-11(9)14-12(10)7-8/h1-7,14-16H. The number of nitrogens with one attached hydrogen (secondary N) is 1. The van der Waals surface area contributed by atoms with Gasteiger partial charge in [0.15, 0.2) is 0 Å². The highest BCUT2D eigenvalue weighted by Gasteiger charge is 2.12. The second-order valence-corrected chi connectivity index (χ2v) is 3.85. The first kappa shape index (κ1) is 9.45. The van der Waals surface area contributed by atoms with Gasteiger partial charge in [-0.2, -0.15) is 0 Å². The van der Waals surface area contributed by atoms with Crippen molar-refractivity contribution in [1.82, 2.24) is 4.98 Å². The third kappa shape index (κ3) is 1.32. The summed E-state index contributed by atoms with van der Waals surface area (Å²) >= 11 is 0. The van der Waals surface area contributed by atoms with Gasteiger partial charge in [0.2, 0.25) is 0 Å². The number of aromatic nitrogens is 1. The Balaban J connectivity index is 2.37. The first-order valence-electron chi connectivity index (χ1n) is 5.12. The molecule has 3 nitrogen and oxygen atoms in total. The van der Waals surface area contributed by atoms with Crippen molar-refractivity contribution in [2.45, 2.75) is 0 Å². The average Bonchev–Trinajstić information content (AvgIpc) is 2.66. The van der Waals surface area contributed by atoms with E-state index in [0.717, 1.165) is 21.8 Å². The predicted octanol–water partition coefficient (Wildman–Crippen LogP) is 1.00. The number of hydrogen-bond acceptors (Lipinski definition) is 2. The van der Waals surface area contributed by atoms with Crippen LogP contribution >= 0.6 is 0 Å². The summed E-state index contributed by atoms with van der Waals surface area (Å²) in [6.45, 7) is 0. The normalized spacial score (nSPS) is 11.1. The highest BCUT2D eigenvalue weighted by Crippen LogP contribution is 2.23. The molecule has 78 valence electrons. The van der Waals surface area contributed by atoms with E-state index in [1.54, 1.807) is 12.1 Å². The molecule has 3 rings (SSSR count). The fourth-order valence-corrected chi connectivity index (χ4v) is 2.03. The maximum atomic E-state index is 9.10. The minimum absolute atomic E-state index is 0.499. The molecule has 0 bridgehead atoms. The van der Waals surface area contributed by atoms with E-state index in [1.165, 1.54) is 0 Å². The van der Waals surface area contributed by atoms with Gasteiger partial charge >= 0.3 is 7.12 Å². The minimum Gasteiger partial charge on any atom is -0.423 e. The fraction of sp³-hybridized carbons (Fsp3) is 0. The van der Waals surface area contributed by atoms with Crippen molar-refractivity contribution >= 4 is 34.4 Å². The molecule has 0 aliphatic carbocycles. The number of fused-ring (bicyclic) bond motifs is 3. The van der Waals surface area contributed by atoms with E-state index in [1.807, 2.05) is 30.3 Å². The van der Waals surface area contributed by atoms with Gasteiger partial charge in [-0.3, -0.25) is 0 Å². The summed E-state index contributed by atoms with van der Waals surface area (Å²) in [7, 11) is -1.42. The zero-order valence-electron chi connectivity index (χ0n) is 8.51. The van der Waals surface area contributed by atoms with Gasteiger partial charge in [-0.05, 0) is 17.6 Å². The molecule has 0 fully saturated rings. The molecule has 0 saturated carbocycles. The van der Waals surface area contributed by atoms with Gasteiger partial charge in [-0.25, -0.2) is 0 Å². The van der Waals surface area contributed by atoms with E-state index < -0.39 is 7.12 Å². The van der Waals surface area contributed by atoms with Crippen LogP contribution in [-0.4, -0.2) is 22.2 Å². The van der Waals surface area contributed by atoms with Crippen molar-refractivity contribution in [3.05, 3.63) is 42.5 Å². The molecule has 3 aromatic rings. The van der Waals surface area contributed by atoms with E-state index in [4.69, 9.17) is 10.0 Å². The van der Waals surface area contributed by atoms with E-state index >= 15 is 0 Å². The summed E-state index contributed by atoms with van der Waals surface area (Å²) in [6, 6.07) is 13.4. The third-order valence-electron chi connectivity index (χ3n) is 2.83. The second-order valence-electron chi connectivity index (χ2n) is 3.85. The maximum Gasteiger partial charge on any atom is 0.488 e. The molecule has 0 aliphatic heterocycles. The topological polar surface area (TPSA) is 56.2 Å². The quantitative estimate of drug-likeness (QED) is 0.526. The number of para-hydroxylation sites is 1. The molecule has 0 aliphatic rings. The summed E-state index contributed by atoms with van der Waals surface area (Å²) in [6.07, 6.45) is 0. The molecule has 1 heterocycles. The van der Waals surface area contributed by atoms with Crippen LogP contribution in [-0.2, 0) is 0 Å². The molecular formula is C12H10BNO2. The molecule has 16 heavy (non-hydrogen) atoms. The molecular weight excluding hydrogens is 201 g/mol. The zero-order valence-corrected chi connectivity index (χ0v) is 8.51. The van der Waals surface area contributed by atoms with Gasteiger partial charge < -0.3 is 15.0 Å². The molecule has 4 heteroatoms. The van der Waals surface area contributed by atoms with Gasteiger partial charge in [0.05, 0.1) is 0 Å². The summed E-state index contributed by atoms with van der Waals surface area (Å²) in [5.41, 5.74) is 2.48. The first-order valence-corrected chi connectivity index (χ1v) is 5.12. The Kier molecular flexibility index (Phi) is 1.99. The Morgan fingerprint density at radius 3 is 2.44 bits per heavy atom. The van der Waals surface area contributed by atoms with Crippen LogP contribution in [0, 0.1) is 0 Å². The summed E-state index contributed by atoms with van der Waals surface area (Å²) < 4.78 is 0. The van der Waals surface area contributed by atoms with Gasteiger partial charge in [-0.15, -0.1) is 0 Å². The average molecular weight is 211 g/mol. The fourth-order valence-electron chi connectivity index (χ4n) is 2.03. The number of aromatic amines is 1. The van der Waals surface area contributed by atoms with Crippen LogP contribution < -0.4 is 5.46 Å². The van der Waals surface area contributed by atoms with Crippen LogP contribution in [0.4, 0.5) is 0 Å². The molecule has 0 saturated heterocycles. The van der Waals surface area contributed by atoms with Crippen LogP contribution in [0.2, 0.25) is 0 Å². The molecule has 1 aromatic heterocycles. The van der Waals surface area contributed by atoms with Crippen LogP contribution in [0.1, 0.15) is 0 Å². The molecule has 0 unspecified atom stereocenters. The van der Waals surface area contributed by atoms with E-state index in [0.29, 0.717) is 5.46 Å². The Hall–Kier alpha value is -1.78. The largest absolute Gasteiger partial charge is 0.488 e. The van der Waals surface area contributed by atoms with Crippen molar-refractivity contribution in [1.29, 1.82) is 0 Å². The van der Waals surface area contributed by atoms with Gasteiger partial charge in [0.25, 0.3) is 0 Å². The van der Waals surface area contributed by atoms with Crippen LogP contribution in [0.5, 0.6) is 0 Å². The highest BCUT2D eigenvalue weighted by atomic mass is 16.4. The molecule has 0 amide bonds.